The molecule has 0 radical (unpaired) electrons. The summed E-state index contributed by atoms with van der Waals surface area (Å²) in [4.78, 5) is 11.3. The average Bonchev–Trinajstić information content (AvgIpc) is 2.32. The van der Waals surface area contributed by atoms with Crippen molar-refractivity contribution in [1.82, 2.24) is 0 Å². The van der Waals surface area contributed by atoms with Gasteiger partial charge < -0.3 is 18.5 Å². The molecule has 0 atom stereocenters. The largest absolute Gasteiger partial charge is 0.463 e. The molecule has 0 saturated heterocycles. The van der Waals surface area contributed by atoms with Gasteiger partial charge in [-0.25, -0.2) is 4.79 Å². The highest BCUT2D eigenvalue weighted by Crippen LogP contribution is 2.50. The third-order valence-corrected chi connectivity index (χ3v) is 4.31. The molecule has 0 fully saturated rings. The van der Waals surface area contributed by atoms with E-state index in [2.05, 4.69) is 6.58 Å². The minimum atomic E-state index is -3.20. The monoisotopic (exact) mass is 322 g/mol. The predicted molar refractivity (Wildman–Crippen MR) is 81.5 cm³/mol. The van der Waals surface area contributed by atoms with E-state index in [0.29, 0.717) is 0 Å². The molecule has 0 aliphatic rings. The summed E-state index contributed by atoms with van der Waals surface area (Å²) in [5.41, 5.74) is 0.223. The Labute approximate surface area is 127 Å². The van der Waals surface area contributed by atoms with Gasteiger partial charge in [0.05, 0.1) is 43.8 Å². The van der Waals surface area contributed by atoms with Crippen LogP contribution >= 0.6 is 7.60 Å². The van der Waals surface area contributed by atoms with Crippen LogP contribution in [0.3, 0.4) is 0 Å². The second-order valence-electron chi connectivity index (χ2n) is 5.02. The number of rotatable bonds is 11. The summed E-state index contributed by atoms with van der Waals surface area (Å²) in [6.07, 6.45) is -0.285. The summed E-state index contributed by atoms with van der Waals surface area (Å²) in [6, 6.07) is 0. The van der Waals surface area contributed by atoms with Gasteiger partial charge in [0.2, 0.25) is 0 Å². The van der Waals surface area contributed by atoms with Crippen molar-refractivity contribution in [3.8, 4) is 0 Å². The molecule has 7 heteroatoms. The summed E-state index contributed by atoms with van der Waals surface area (Å²) in [5, 5.41) is 0. The lowest BCUT2D eigenvalue weighted by Gasteiger charge is -2.22. The van der Waals surface area contributed by atoms with Gasteiger partial charge in [-0.05, 0) is 34.6 Å². The first kappa shape index (κ1) is 20.3. The Morgan fingerprint density at radius 1 is 1.14 bits per heavy atom. The molecular weight excluding hydrogens is 295 g/mol. The Bertz CT molecular complexity index is 364. The first-order valence-electron chi connectivity index (χ1n) is 7.08. The Hall–Kier alpha value is -0.680. The number of carbonyl (C=O) groups excluding carboxylic acids is 1. The topological polar surface area (TPSA) is 71.1 Å². The van der Waals surface area contributed by atoms with E-state index in [9.17, 15) is 9.36 Å². The zero-order valence-corrected chi connectivity index (χ0v) is 14.5. The van der Waals surface area contributed by atoms with Gasteiger partial charge in [0, 0.05) is 0 Å². The van der Waals surface area contributed by atoms with Crippen molar-refractivity contribution in [2.45, 2.75) is 46.8 Å². The number of ether oxygens (including phenoxy) is 2. The molecule has 0 amide bonds. The molecule has 0 spiro atoms. The second-order valence-corrected chi connectivity index (χ2v) is 7.11. The Kier molecular flexibility index (Phi) is 9.79. The number of hydrogen-bond donors (Lipinski definition) is 0. The first-order chi connectivity index (χ1) is 9.70. The number of carbonyl (C=O) groups is 1. The van der Waals surface area contributed by atoms with Crippen molar-refractivity contribution in [3.05, 3.63) is 12.2 Å². The van der Waals surface area contributed by atoms with Crippen LogP contribution in [-0.2, 0) is 27.9 Å². The van der Waals surface area contributed by atoms with Gasteiger partial charge >= 0.3 is 13.6 Å². The maximum atomic E-state index is 12.5. The van der Waals surface area contributed by atoms with Crippen molar-refractivity contribution in [3.63, 3.8) is 0 Å². The minimum Gasteiger partial charge on any atom is -0.463 e. The Morgan fingerprint density at radius 3 is 2.10 bits per heavy atom. The van der Waals surface area contributed by atoms with Gasteiger partial charge in [0.1, 0.15) is 0 Å². The van der Waals surface area contributed by atoms with Crippen LogP contribution in [0.5, 0.6) is 0 Å². The lowest BCUT2D eigenvalue weighted by molar-refractivity contribution is -0.139. The zero-order valence-electron chi connectivity index (χ0n) is 13.6. The van der Waals surface area contributed by atoms with Gasteiger partial charge in [0.15, 0.2) is 0 Å². The van der Waals surface area contributed by atoms with E-state index in [1.54, 1.807) is 34.6 Å². The smallest absolute Gasteiger partial charge is 0.335 e. The van der Waals surface area contributed by atoms with Crippen LogP contribution in [0.2, 0.25) is 0 Å². The van der Waals surface area contributed by atoms with Crippen molar-refractivity contribution >= 4 is 13.6 Å². The summed E-state index contributed by atoms with van der Waals surface area (Å²) < 4.78 is 33.3. The van der Waals surface area contributed by atoms with Gasteiger partial charge in [0.25, 0.3) is 0 Å². The molecule has 0 aromatic rings. The average molecular weight is 322 g/mol. The summed E-state index contributed by atoms with van der Waals surface area (Å²) in [6.45, 7) is 12.9. The van der Waals surface area contributed by atoms with E-state index in [1.807, 2.05) is 0 Å². The Morgan fingerprint density at radius 2 is 1.67 bits per heavy atom. The summed E-state index contributed by atoms with van der Waals surface area (Å²) >= 11 is 0. The maximum absolute atomic E-state index is 12.5. The summed E-state index contributed by atoms with van der Waals surface area (Å²) in [5.74, 6) is -0.488. The van der Waals surface area contributed by atoms with Crippen molar-refractivity contribution in [2.75, 3.05) is 26.0 Å². The third kappa shape index (κ3) is 9.80. The molecule has 0 aromatic heterocycles. The highest BCUT2D eigenvalue weighted by atomic mass is 31.2. The van der Waals surface area contributed by atoms with Gasteiger partial charge in [-0.1, -0.05) is 6.58 Å². The van der Waals surface area contributed by atoms with Crippen molar-refractivity contribution in [2.24, 2.45) is 0 Å². The molecule has 6 nitrogen and oxygen atoms in total. The van der Waals surface area contributed by atoms with Crippen LogP contribution < -0.4 is 0 Å². The molecule has 0 unspecified atom stereocenters. The van der Waals surface area contributed by atoms with Crippen LogP contribution in [-0.4, -0.2) is 44.2 Å². The zero-order chi connectivity index (χ0) is 16.5. The van der Waals surface area contributed by atoms with E-state index in [0.717, 1.165) is 0 Å². The van der Waals surface area contributed by atoms with E-state index < -0.39 is 13.6 Å². The molecule has 0 saturated carbocycles. The minimum absolute atomic E-state index is 0.0300. The lowest BCUT2D eigenvalue weighted by Crippen LogP contribution is -2.15. The molecule has 21 heavy (non-hydrogen) atoms. The SMILES string of the molecule is C=C(COCCP(=O)(OC(C)C)OC(C)C)C(=O)OCC. The maximum Gasteiger partial charge on any atom is 0.335 e. The van der Waals surface area contributed by atoms with E-state index in [1.165, 1.54) is 0 Å². The molecule has 0 aromatic carbocycles. The van der Waals surface area contributed by atoms with Crippen LogP contribution in [0.25, 0.3) is 0 Å². The molecule has 0 N–H and O–H groups in total. The van der Waals surface area contributed by atoms with E-state index in [4.69, 9.17) is 18.5 Å². The first-order valence-corrected chi connectivity index (χ1v) is 8.81. The third-order valence-electron chi connectivity index (χ3n) is 2.09. The van der Waals surface area contributed by atoms with Crippen molar-refractivity contribution in [1.29, 1.82) is 0 Å². The van der Waals surface area contributed by atoms with Gasteiger partial charge in [-0.2, -0.15) is 0 Å². The summed E-state index contributed by atoms with van der Waals surface area (Å²) in [7, 11) is -3.20. The molecule has 124 valence electrons. The van der Waals surface area contributed by atoms with Gasteiger partial charge in [-0.15, -0.1) is 0 Å². The predicted octanol–water partition coefficient (Wildman–Crippen LogP) is 3.17. The fraction of sp³-hybridized carbons (Fsp3) is 0.786. The van der Waals surface area contributed by atoms with Gasteiger partial charge in [-0.3, -0.25) is 4.57 Å². The Balaban J connectivity index is 4.23. The van der Waals surface area contributed by atoms with Crippen molar-refractivity contribution < 1.29 is 27.9 Å². The van der Waals surface area contributed by atoms with E-state index >= 15 is 0 Å². The van der Waals surface area contributed by atoms with Crippen LogP contribution in [0.4, 0.5) is 0 Å². The lowest BCUT2D eigenvalue weighted by atomic mass is 10.3. The normalized spacial score (nSPS) is 12.0. The van der Waals surface area contributed by atoms with Crippen LogP contribution in [0, 0.1) is 0 Å². The standard InChI is InChI=1S/C14H27O6P/c1-7-18-14(15)13(6)10-17-8-9-21(16,19-11(2)3)20-12(4)5/h11-12H,6-10H2,1-5H3. The number of esters is 1. The number of hydrogen-bond acceptors (Lipinski definition) is 6. The molecular formula is C14H27O6P. The fourth-order valence-corrected chi connectivity index (χ4v) is 3.33. The van der Waals surface area contributed by atoms with Crippen LogP contribution in [0.15, 0.2) is 12.2 Å². The molecule has 0 rings (SSSR count). The van der Waals surface area contributed by atoms with Crippen LogP contribution in [0.1, 0.15) is 34.6 Å². The molecule has 0 bridgehead atoms. The highest BCUT2D eigenvalue weighted by molar-refractivity contribution is 7.53. The molecule has 0 heterocycles. The molecule has 0 aliphatic carbocycles. The molecule has 0 aliphatic heterocycles. The highest BCUT2D eigenvalue weighted by Gasteiger charge is 2.27. The van der Waals surface area contributed by atoms with E-state index in [-0.39, 0.29) is 43.8 Å². The fourth-order valence-electron chi connectivity index (χ4n) is 1.44. The quantitative estimate of drug-likeness (QED) is 0.252. The second kappa shape index (κ2) is 10.1.